The maximum atomic E-state index is 5.97. The molecule has 0 bridgehead atoms. The quantitative estimate of drug-likeness (QED) is 0.843. The van der Waals surface area contributed by atoms with Gasteiger partial charge < -0.3 is 10.6 Å². The molecule has 1 saturated carbocycles. The smallest absolute Gasteiger partial charge is 0.157 e. The number of nitrogens with two attached hydrogens (primary N) is 1. The molecule has 94 valence electrons. The molecular weight excluding hydrogens is 236 g/mol. The minimum Gasteiger partial charge on any atom is -0.393 e. The summed E-state index contributed by atoms with van der Waals surface area (Å²) in [5.74, 6) is 0.791. The Morgan fingerprint density at radius 3 is 2.71 bits per heavy atom. The summed E-state index contributed by atoms with van der Waals surface area (Å²) < 4.78 is 0. The van der Waals surface area contributed by atoms with Crippen molar-refractivity contribution < 1.29 is 0 Å². The molecule has 5 heteroatoms. The second-order valence-corrected chi connectivity index (χ2v) is 4.84. The Labute approximate surface area is 107 Å². The molecule has 1 aliphatic rings. The zero-order valence-corrected chi connectivity index (χ0v) is 11.0. The molecule has 2 rings (SSSR count). The molecule has 17 heavy (non-hydrogen) atoms. The number of aromatic nitrogens is 2. The van der Waals surface area contributed by atoms with Gasteiger partial charge in [-0.15, -0.1) is 0 Å². The van der Waals surface area contributed by atoms with Gasteiger partial charge in [0.15, 0.2) is 11.0 Å². The van der Waals surface area contributed by atoms with Gasteiger partial charge in [-0.05, 0) is 19.8 Å². The van der Waals surface area contributed by atoms with E-state index in [1.54, 1.807) is 0 Å². The molecule has 0 spiro atoms. The molecule has 0 atom stereocenters. The fourth-order valence-electron chi connectivity index (χ4n) is 2.57. The van der Waals surface area contributed by atoms with Crippen molar-refractivity contribution in [1.29, 1.82) is 0 Å². The lowest BCUT2D eigenvalue weighted by Gasteiger charge is -2.35. The first-order valence-electron chi connectivity index (χ1n) is 6.26. The minimum atomic E-state index is 0.351. The number of halogens is 1. The van der Waals surface area contributed by atoms with Crippen LogP contribution >= 0.6 is 11.6 Å². The molecule has 0 aromatic carbocycles. The van der Waals surface area contributed by atoms with E-state index in [4.69, 9.17) is 17.3 Å². The summed E-state index contributed by atoms with van der Waals surface area (Å²) in [6, 6.07) is 0.544. The van der Waals surface area contributed by atoms with Gasteiger partial charge in [-0.25, -0.2) is 9.97 Å². The van der Waals surface area contributed by atoms with E-state index in [9.17, 15) is 0 Å². The maximum Gasteiger partial charge on any atom is 0.157 e. The summed E-state index contributed by atoms with van der Waals surface area (Å²) >= 11 is 5.95. The van der Waals surface area contributed by atoms with Crippen molar-refractivity contribution in [3.63, 3.8) is 0 Å². The zero-order chi connectivity index (χ0) is 12.3. The molecular formula is C12H19ClN4. The summed E-state index contributed by atoms with van der Waals surface area (Å²) in [7, 11) is 0. The second kappa shape index (κ2) is 5.54. The van der Waals surface area contributed by atoms with E-state index in [0.717, 1.165) is 12.4 Å². The topological polar surface area (TPSA) is 55.0 Å². The van der Waals surface area contributed by atoms with Crippen LogP contribution in [-0.4, -0.2) is 22.6 Å². The summed E-state index contributed by atoms with van der Waals surface area (Å²) in [5, 5.41) is 0.351. The van der Waals surface area contributed by atoms with Gasteiger partial charge >= 0.3 is 0 Å². The SMILES string of the molecule is CCN(c1ncnc(Cl)c1N)C1CCCCC1. The predicted octanol–water partition coefficient (Wildman–Crippen LogP) is 2.87. The van der Waals surface area contributed by atoms with Crippen LogP contribution in [0.4, 0.5) is 11.5 Å². The lowest BCUT2D eigenvalue weighted by molar-refractivity contribution is 0.416. The normalized spacial score (nSPS) is 17.1. The standard InChI is InChI=1S/C12H19ClN4/c1-2-17(9-6-4-3-5-7-9)12-10(14)11(13)15-8-16-12/h8-9H,2-7,14H2,1H3. The van der Waals surface area contributed by atoms with E-state index < -0.39 is 0 Å². The van der Waals surface area contributed by atoms with Crippen LogP contribution in [0.3, 0.4) is 0 Å². The van der Waals surface area contributed by atoms with Gasteiger partial charge in [0.1, 0.15) is 12.0 Å². The molecule has 1 heterocycles. The highest BCUT2D eigenvalue weighted by molar-refractivity contribution is 6.32. The van der Waals surface area contributed by atoms with Crippen molar-refractivity contribution in [3.05, 3.63) is 11.5 Å². The molecule has 0 unspecified atom stereocenters. The van der Waals surface area contributed by atoms with E-state index in [1.807, 2.05) is 0 Å². The van der Waals surface area contributed by atoms with Gasteiger partial charge in [0.25, 0.3) is 0 Å². The van der Waals surface area contributed by atoms with Gasteiger partial charge in [0.05, 0.1) is 0 Å². The summed E-state index contributed by atoms with van der Waals surface area (Å²) in [6.07, 6.45) is 7.84. The van der Waals surface area contributed by atoms with Crippen LogP contribution in [0.25, 0.3) is 0 Å². The third-order valence-corrected chi connectivity index (χ3v) is 3.74. The number of nitrogens with zero attached hydrogens (tertiary/aromatic N) is 3. The number of anilines is 2. The molecule has 1 fully saturated rings. The second-order valence-electron chi connectivity index (χ2n) is 4.48. The highest BCUT2D eigenvalue weighted by Crippen LogP contribution is 2.31. The van der Waals surface area contributed by atoms with E-state index in [-0.39, 0.29) is 0 Å². The van der Waals surface area contributed by atoms with E-state index in [2.05, 4.69) is 21.8 Å². The van der Waals surface area contributed by atoms with Crippen LogP contribution in [-0.2, 0) is 0 Å². The number of nitrogen functional groups attached to an aromatic ring is 1. The Morgan fingerprint density at radius 1 is 1.35 bits per heavy atom. The average Bonchev–Trinajstić information content (AvgIpc) is 2.37. The first kappa shape index (κ1) is 12.4. The molecule has 1 aliphatic carbocycles. The van der Waals surface area contributed by atoms with E-state index in [0.29, 0.717) is 16.9 Å². The molecule has 0 aliphatic heterocycles. The van der Waals surface area contributed by atoms with Crippen molar-refractivity contribution in [2.45, 2.75) is 45.1 Å². The highest BCUT2D eigenvalue weighted by Gasteiger charge is 2.23. The monoisotopic (exact) mass is 254 g/mol. The van der Waals surface area contributed by atoms with Crippen LogP contribution < -0.4 is 10.6 Å². The van der Waals surface area contributed by atoms with Crippen LogP contribution in [0.15, 0.2) is 6.33 Å². The van der Waals surface area contributed by atoms with Crippen molar-refractivity contribution in [3.8, 4) is 0 Å². The van der Waals surface area contributed by atoms with E-state index >= 15 is 0 Å². The van der Waals surface area contributed by atoms with Gasteiger partial charge in [-0.3, -0.25) is 0 Å². The fourth-order valence-corrected chi connectivity index (χ4v) is 2.70. The van der Waals surface area contributed by atoms with Crippen LogP contribution in [0.5, 0.6) is 0 Å². The Bertz CT molecular complexity index is 377. The first-order chi connectivity index (χ1) is 8.24. The number of hydrogen-bond donors (Lipinski definition) is 1. The van der Waals surface area contributed by atoms with Crippen molar-refractivity contribution >= 4 is 23.1 Å². The fraction of sp³-hybridized carbons (Fsp3) is 0.667. The molecule has 2 N–H and O–H groups in total. The first-order valence-corrected chi connectivity index (χ1v) is 6.64. The zero-order valence-electron chi connectivity index (χ0n) is 10.2. The van der Waals surface area contributed by atoms with Crippen molar-refractivity contribution in [2.75, 3.05) is 17.2 Å². The van der Waals surface area contributed by atoms with Crippen LogP contribution in [0.1, 0.15) is 39.0 Å². The minimum absolute atomic E-state index is 0.351. The van der Waals surface area contributed by atoms with Gasteiger partial charge in [0, 0.05) is 12.6 Å². The predicted molar refractivity (Wildman–Crippen MR) is 71.3 cm³/mol. The van der Waals surface area contributed by atoms with Gasteiger partial charge in [-0.1, -0.05) is 30.9 Å². The summed E-state index contributed by atoms with van der Waals surface area (Å²) in [5.41, 5.74) is 6.47. The summed E-state index contributed by atoms with van der Waals surface area (Å²) in [4.78, 5) is 10.5. The Morgan fingerprint density at radius 2 is 2.06 bits per heavy atom. The lowest BCUT2D eigenvalue weighted by Crippen LogP contribution is -2.37. The molecule has 1 aromatic rings. The third-order valence-electron chi connectivity index (χ3n) is 3.44. The molecule has 0 radical (unpaired) electrons. The average molecular weight is 255 g/mol. The third kappa shape index (κ3) is 2.63. The lowest BCUT2D eigenvalue weighted by atomic mass is 9.94. The van der Waals surface area contributed by atoms with Gasteiger partial charge in [0.2, 0.25) is 0 Å². The Balaban J connectivity index is 2.24. The van der Waals surface area contributed by atoms with Crippen molar-refractivity contribution in [1.82, 2.24) is 9.97 Å². The molecule has 4 nitrogen and oxygen atoms in total. The van der Waals surface area contributed by atoms with Crippen LogP contribution in [0, 0.1) is 0 Å². The highest BCUT2D eigenvalue weighted by atomic mass is 35.5. The number of rotatable bonds is 3. The van der Waals surface area contributed by atoms with E-state index in [1.165, 1.54) is 38.4 Å². The summed E-state index contributed by atoms with van der Waals surface area (Å²) in [6.45, 7) is 3.03. The Hall–Kier alpha value is -1.03. The van der Waals surface area contributed by atoms with Gasteiger partial charge in [-0.2, -0.15) is 0 Å². The molecule has 0 amide bonds. The maximum absolute atomic E-state index is 5.97. The largest absolute Gasteiger partial charge is 0.393 e. The number of hydrogen-bond acceptors (Lipinski definition) is 4. The molecule has 1 aromatic heterocycles. The molecule has 0 saturated heterocycles. The van der Waals surface area contributed by atoms with Crippen LogP contribution in [0.2, 0.25) is 5.15 Å². The Kier molecular flexibility index (Phi) is 4.05. The van der Waals surface area contributed by atoms with Crippen molar-refractivity contribution in [2.24, 2.45) is 0 Å².